The van der Waals surface area contributed by atoms with Gasteiger partial charge in [-0.05, 0) is 36.4 Å². The number of rotatable bonds is 4. The molecule has 2 heteroatoms. The topological polar surface area (TPSA) is 26.0 Å². The van der Waals surface area contributed by atoms with Gasteiger partial charge in [0.2, 0.25) is 0 Å². The van der Waals surface area contributed by atoms with Gasteiger partial charge in [-0.3, -0.25) is 0 Å². The third-order valence-corrected chi connectivity index (χ3v) is 4.18. The van der Waals surface area contributed by atoms with Gasteiger partial charge in [0.15, 0.2) is 0 Å². The zero-order valence-corrected chi connectivity index (χ0v) is 10.4. The van der Waals surface area contributed by atoms with Gasteiger partial charge in [-0.2, -0.15) is 0 Å². The summed E-state index contributed by atoms with van der Waals surface area (Å²) >= 11 is 6.19. The highest BCUT2D eigenvalue weighted by atomic mass is 35.5. The Balaban J connectivity index is 2.03. The summed E-state index contributed by atoms with van der Waals surface area (Å²) in [6.45, 7) is 0.788. The maximum absolute atomic E-state index is 6.19. The summed E-state index contributed by atoms with van der Waals surface area (Å²) in [5.74, 6) is 1.43. The lowest BCUT2D eigenvalue weighted by atomic mass is 9.86. The van der Waals surface area contributed by atoms with E-state index >= 15 is 0 Å². The number of halogens is 1. The molecule has 1 unspecified atom stereocenters. The van der Waals surface area contributed by atoms with Crippen molar-refractivity contribution in [3.8, 4) is 0 Å². The molecule has 0 bridgehead atoms. The van der Waals surface area contributed by atoms with Crippen LogP contribution in [0.4, 0.5) is 0 Å². The van der Waals surface area contributed by atoms with Gasteiger partial charge >= 0.3 is 0 Å². The first-order chi connectivity index (χ1) is 7.81. The van der Waals surface area contributed by atoms with Gasteiger partial charge in [-0.15, -0.1) is 0 Å². The van der Waals surface area contributed by atoms with Crippen LogP contribution in [-0.2, 0) is 6.42 Å². The number of hydrogen-bond donors (Lipinski definition) is 1. The summed E-state index contributed by atoms with van der Waals surface area (Å²) in [5.41, 5.74) is 7.16. The fraction of sp³-hybridized carbons (Fsp3) is 0.571. The molecule has 1 atom stereocenters. The first kappa shape index (κ1) is 11.9. The fourth-order valence-electron chi connectivity index (χ4n) is 2.82. The van der Waals surface area contributed by atoms with E-state index in [-0.39, 0.29) is 0 Å². The van der Waals surface area contributed by atoms with Crippen molar-refractivity contribution in [1.29, 1.82) is 0 Å². The van der Waals surface area contributed by atoms with Crippen LogP contribution in [0.25, 0.3) is 0 Å². The van der Waals surface area contributed by atoms with Crippen LogP contribution in [-0.4, -0.2) is 6.54 Å². The molecule has 0 aromatic heterocycles. The molecule has 0 amide bonds. The Labute approximate surface area is 103 Å². The third-order valence-electron chi connectivity index (χ3n) is 3.81. The van der Waals surface area contributed by atoms with E-state index in [4.69, 9.17) is 17.3 Å². The third kappa shape index (κ3) is 2.78. The fourth-order valence-corrected chi connectivity index (χ4v) is 3.03. The van der Waals surface area contributed by atoms with E-state index < -0.39 is 0 Å². The number of hydrogen-bond acceptors (Lipinski definition) is 1. The van der Waals surface area contributed by atoms with Crippen molar-refractivity contribution in [2.45, 2.75) is 32.1 Å². The summed E-state index contributed by atoms with van der Waals surface area (Å²) in [6, 6.07) is 8.14. The largest absolute Gasteiger partial charge is 0.330 e. The molecule has 1 aromatic rings. The average Bonchev–Trinajstić information content (AvgIpc) is 2.81. The molecule has 0 saturated heterocycles. The molecule has 2 N–H and O–H groups in total. The molecule has 1 fully saturated rings. The van der Waals surface area contributed by atoms with Crippen LogP contribution in [0.2, 0.25) is 5.02 Å². The van der Waals surface area contributed by atoms with Gasteiger partial charge in [0.25, 0.3) is 0 Å². The lowest BCUT2D eigenvalue weighted by Crippen LogP contribution is -2.24. The van der Waals surface area contributed by atoms with Crippen LogP contribution >= 0.6 is 11.6 Å². The zero-order valence-electron chi connectivity index (χ0n) is 9.66. The van der Waals surface area contributed by atoms with Crippen molar-refractivity contribution in [3.05, 3.63) is 34.9 Å². The Kier molecular flexibility index (Phi) is 4.25. The predicted octanol–water partition coefficient (Wildman–Crippen LogP) is 3.65. The van der Waals surface area contributed by atoms with Crippen molar-refractivity contribution in [2.24, 2.45) is 17.6 Å². The molecule has 16 heavy (non-hydrogen) atoms. The zero-order chi connectivity index (χ0) is 11.4. The Morgan fingerprint density at radius 3 is 2.56 bits per heavy atom. The summed E-state index contributed by atoms with van der Waals surface area (Å²) in [7, 11) is 0. The van der Waals surface area contributed by atoms with Crippen LogP contribution in [0.5, 0.6) is 0 Å². The van der Waals surface area contributed by atoms with Crippen LogP contribution in [0.15, 0.2) is 24.3 Å². The summed E-state index contributed by atoms with van der Waals surface area (Å²) in [4.78, 5) is 0. The van der Waals surface area contributed by atoms with Gasteiger partial charge in [0.1, 0.15) is 0 Å². The second-order valence-electron chi connectivity index (χ2n) is 4.84. The first-order valence-corrected chi connectivity index (χ1v) is 6.62. The van der Waals surface area contributed by atoms with Crippen molar-refractivity contribution < 1.29 is 0 Å². The Hall–Kier alpha value is -0.530. The normalized spacial score (nSPS) is 18.9. The Bertz CT molecular complexity index is 331. The van der Waals surface area contributed by atoms with Crippen LogP contribution in [0, 0.1) is 11.8 Å². The van der Waals surface area contributed by atoms with E-state index in [1.54, 1.807) is 0 Å². The van der Waals surface area contributed by atoms with Gasteiger partial charge in [0, 0.05) is 5.02 Å². The monoisotopic (exact) mass is 237 g/mol. The van der Waals surface area contributed by atoms with E-state index in [1.807, 2.05) is 12.1 Å². The lowest BCUT2D eigenvalue weighted by molar-refractivity contribution is 0.345. The maximum atomic E-state index is 6.19. The van der Waals surface area contributed by atoms with E-state index in [0.29, 0.717) is 5.92 Å². The lowest BCUT2D eigenvalue weighted by Gasteiger charge is -2.22. The summed E-state index contributed by atoms with van der Waals surface area (Å²) < 4.78 is 0. The minimum Gasteiger partial charge on any atom is -0.330 e. The summed E-state index contributed by atoms with van der Waals surface area (Å²) in [6.07, 6.45) is 6.51. The molecule has 0 aliphatic heterocycles. The second kappa shape index (κ2) is 5.70. The molecule has 0 radical (unpaired) electrons. The quantitative estimate of drug-likeness (QED) is 0.850. The van der Waals surface area contributed by atoms with E-state index in [0.717, 1.165) is 23.9 Å². The van der Waals surface area contributed by atoms with E-state index in [1.165, 1.54) is 31.2 Å². The molecule has 1 aromatic carbocycles. The van der Waals surface area contributed by atoms with Crippen LogP contribution in [0.1, 0.15) is 31.2 Å². The number of benzene rings is 1. The van der Waals surface area contributed by atoms with Gasteiger partial charge in [-0.25, -0.2) is 0 Å². The highest BCUT2D eigenvalue weighted by molar-refractivity contribution is 6.31. The molecule has 1 saturated carbocycles. The molecule has 2 rings (SSSR count). The molecule has 0 heterocycles. The first-order valence-electron chi connectivity index (χ1n) is 6.24. The van der Waals surface area contributed by atoms with Gasteiger partial charge in [0.05, 0.1) is 0 Å². The maximum Gasteiger partial charge on any atom is 0.0438 e. The van der Waals surface area contributed by atoms with E-state index in [2.05, 4.69) is 12.1 Å². The molecule has 1 aliphatic rings. The van der Waals surface area contributed by atoms with Crippen molar-refractivity contribution in [1.82, 2.24) is 0 Å². The standard InChI is InChI=1S/C14H20ClN/c15-14-8-4-3-7-12(14)9-13(10-16)11-5-1-2-6-11/h3-4,7-8,11,13H,1-2,5-6,9-10,16H2. The predicted molar refractivity (Wildman–Crippen MR) is 69.7 cm³/mol. The SMILES string of the molecule is NCC(Cc1ccccc1Cl)C1CCCC1. The molecular weight excluding hydrogens is 218 g/mol. The van der Waals surface area contributed by atoms with Crippen molar-refractivity contribution in [2.75, 3.05) is 6.54 Å². The smallest absolute Gasteiger partial charge is 0.0438 e. The highest BCUT2D eigenvalue weighted by Gasteiger charge is 2.24. The van der Waals surface area contributed by atoms with Crippen molar-refractivity contribution >= 4 is 11.6 Å². The summed E-state index contributed by atoms with van der Waals surface area (Å²) in [5, 5.41) is 0.888. The molecule has 88 valence electrons. The molecular formula is C14H20ClN. The minimum atomic E-state index is 0.613. The second-order valence-corrected chi connectivity index (χ2v) is 5.24. The Morgan fingerprint density at radius 2 is 1.94 bits per heavy atom. The van der Waals surface area contributed by atoms with Crippen LogP contribution < -0.4 is 5.73 Å². The van der Waals surface area contributed by atoms with E-state index in [9.17, 15) is 0 Å². The van der Waals surface area contributed by atoms with Crippen molar-refractivity contribution in [3.63, 3.8) is 0 Å². The molecule has 0 spiro atoms. The highest BCUT2D eigenvalue weighted by Crippen LogP contribution is 2.33. The minimum absolute atomic E-state index is 0.613. The van der Waals surface area contributed by atoms with Crippen LogP contribution in [0.3, 0.4) is 0 Å². The number of nitrogens with two attached hydrogens (primary N) is 1. The Morgan fingerprint density at radius 1 is 1.25 bits per heavy atom. The molecule has 1 aliphatic carbocycles. The molecule has 1 nitrogen and oxygen atoms in total. The average molecular weight is 238 g/mol. The van der Waals surface area contributed by atoms with Gasteiger partial charge in [-0.1, -0.05) is 55.5 Å². The van der Waals surface area contributed by atoms with Gasteiger partial charge < -0.3 is 5.73 Å².